The summed E-state index contributed by atoms with van der Waals surface area (Å²) in [5.41, 5.74) is -1.35. The Labute approximate surface area is 240 Å². The van der Waals surface area contributed by atoms with Crippen molar-refractivity contribution >= 4 is 23.6 Å². The lowest BCUT2D eigenvalue weighted by Gasteiger charge is -2.33. The molecule has 1 spiro atoms. The number of likely N-dealkylation sites (tertiary alicyclic amines) is 1. The lowest BCUT2D eigenvalue weighted by Crippen LogP contribution is -2.55. The van der Waals surface area contributed by atoms with E-state index in [1.807, 2.05) is 12.1 Å². The number of rotatable bonds is 7. The minimum Gasteiger partial charge on any atom is -0.475 e. The Hall–Kier alpha value is -4.08. The molecule has 224 valence electrons. The van der Waals surface area contributed by atoms with E-state index in [-0.39, 0.29) is 37.3 Å². The molecular formula is C29H32F3N5O5. The molecule has 10 nitrogen and oxygen atoms in total. The van der Waals surface area contributed by atoms with Crippen molar-refractivity contribution in [3.63, 3.8) is 0 Å². The Morgan fingerprint density at radius 1 is 1.26 bits per heavy atom. The molecule has 0 aromatic heterocycles. The molecule has 2 aliphatic carbocycles. The van der Waals surface area contributed by atoms with Gasteiger partial charge in [0, 0.05) is 19.0 Å². The monoisotopic (exact) mass is 587 g/mol. The van der Waals surface area contributed by atoms with Gasteiger partial charge < -0.3 is 25.2 Å². The van der Waals surface area contributed by atoms with Crippen LogP contribution in [-0.2, 0) is 19.2 Å². The van der Waals surface area contributed by atoms with Gasteiger partial charge in [0.25, 0.3) is 11.8 Å². The topological polar surface area (TPSA) is 132 Å². The first-order chi connectivity index (χ1) is 19.8. The fraction of sp³-hybridized carbons (Fsp3) is 0.552. The van der Waals surface area contributed by atoms with Crippen LogP contribution in [0.2, 0.25) is 0 Å². The van der Waals surface area contributed by atoms with E-state index >= 15 is 0 Å². The van der Waals surface area contributed by atoms with Crippen LogP contribution in [0.5, 0.6) is 5.75 Å². The number of alkyl halides is 3. The molecule has 0 bridgehead atoms. The highest BCUT2D eigenvalue weighted by molar-refractivity contribution is 6.01. The third-order valence-corrected chi connectivity index (χ3v) is 8.30. The summed E-state index contributed by atoms with van der Waals surface area (Å²) >= 11 is 0. The van der Waals surface area contributed by atoms with Crippen LogP contribution >= 0.6 is 0 Å². The van der Waals surface area contributed by atoms with Gasteiger partial charge in [-0.25, -0.2) is 0 Å². The fourth-order valence-corrected chi connectivity index (χ4v) is 5.53. The van der Waals surface area contributed by atoms with E-state index < -0.39 is 53.2 Å². The summed E-state index contributed by atoms with van der Waals surface area (Å²) in [4.78, 5) is 55.0. The third kappa shape index (κ3) is 5.93. The fourth-order valence-electron chi connectivity index (χ4n) is 5.53. The third-order valence-electron chi connectivity index (χ3n) is 8.30. The molecule has 42 heavy (non-hydrogen) atoms. The molecule has 1 aromatic rings. The van der Waals surface area contributed by atoms with Crippen LogP contribution in [0.15, 0.2) is 36.0 Å². The highest BCUT2D eigenvalue weighted by Gasteiger charge is 2.56. The zero-order valence-electron chi connectivity index (χ0n) is 23.2. The summed E-state index contributed by atoms with van der Waals surface area (Å²) in [5, 5.41) is 14.6. The van der Waals surface area contributed by atoms with Crippen molar-refractivity contribution in [2.24, 2.45) is 11.8 Å². The van der Waals surface area contributed by atoms with Crippen LogP contribution < -0.4 is 15.4 Å². The van der Waals surface area contributed by atoms with Crippen LogP contribution in [0, 0.1) is 23.2 Å². The molecule has 4 aliphatic rings. The first kappa shape index (κ1) is 29.4. The lowest BCUT2D eigenvalue weighted by atomic mass is 9.99. The van der Waals surface area contributed by atoms with Crippen LogP contribution in [-0.4, -0.2) is 70.9 Å². The number of hydrogen-bond donors (Lipinski definition) is 2. The highest BCUT2D eigenvalue weighted by Crippen LogP contribution is 2.40. The van der Waals surface area contributed by atoms with Crippen molar-refractivity contribution in [1.82, 2.24) is 20.4 Å². The number of carbonyl (C=O) groups is 4. The maximum atomic E-state index is 14.1. The minimum absolute atomic E-state index is 0.107. The van der Waals surface area contributed by atoms with Gasteiger partial charge in [-0.1, -0.05) is 37.1 Å². The Kier molecular flexibility index (Phi) is 7.68. The maximum absolute atomic E-state index is 14.1. The number of ether oxygens (including phenoxy) is 1. The Balaban J connectivity index is 1.42. The van der Waals surface area contributed by atoms with Gasteiger partial charge in [0.2, 0.25) is 11.5 Å². The Morgan fingerprint density at radius 3 is 2.57 bits per heavy atom. The van der Waals surface area contributed by atoms with E-state index in [0.717, 1.165) is 23.3 Å². The molecule has 2 N–H and O–H groups in total. The summed E-state index contributed by atoms with van der Waals surface area (Å²) in [7, 11) is 1.30. The summed E-state index contributed by atoms with van der Waals surface area (Å²) in [5.74, 6) is -3.90. The molecule has 5 rings (SSSR count). The molecule has 2 aliphatic heterocycles. The number of nitriles is 1. The average Bonchev–Trinajstić information content (AvgIpc) is 3.88. The number of hydrogen-bond acceptors (Lipinski definition) is 6. The molecular weight excluding hydrogens is 555 g/mol. The molecule has 13 heteroatoms. The van der Waals surface area contributed by atoms with E-state index in [1.165, 1.54) is 18.0 Å². The van der Waals surface area contributed by atoms with Gasteiger partial charge in [0.1, 0.15) is 23.5 Å². The molecule has 1 saturated heterocycles. The molecule has 2 heterocycles. The highest BCUT2D eigenvalue weighted by atomic mass is 19.4. The zero-order chi connectivity index (χ0) is 30.4. The quantitative estimate of drug-likeness (QED) is 0.472. The van der Waals surface area contributed by atoms with E-state index in [1.54, 1.807) is 24.4 Å². The van der Waals surface area contributed by atoms with Gasteiger partial charge in [-0.3, -0.25) is 19.2 Å². The van der Waals surface area contributed by atoms with Gasteiger partial charge in [-0.15, -0.1) is 0 Å². The summed E-state index contributed by atoms with van der Waals surface area (Å²) in [6.07, 6.45) is -0.840. The second-order valence-electron chi connectivity index (χ2n) is 11.6. The van der Waals surface area contributed by atoms with Crippen molar-refractivity contribution in [3.05, 3.63) is 41.6 Å². The average molecular weight is 588 g/mol. The lowest BCUT2D eigenvalue weighted by molar-refractivity contribution is -0.173. The van der Waals surface area contributed by atoms with E-state index in [2.05, 4.69) is 11.4 Å². The first-order valence-corrected chi connectivity index (χ1v) is 14.0. The van der Waals surface area contributed by atoms with Crippen LogP contribution in [0.25, 0.3) is 0 Å². The molecule has 3 fully saturated rings. The number of amides is 4. The number of fused-ring (bicyclic) bond motifs is 1. The van der Waals surface area contributed by atoms with Gasteiger partial charge in [0.05, 0.1) is 18.7 Å². The van der Waals surface area contributed by atoms with E-state index in [0.29, 0.717) is 18.6 Å². The van der Waals surface area contributed by atoms with Crippen molar-refractivity contribution in [1.29, 1.82) is 5.26 Å². The number of nitrogens with one attached hydrogen (secondary N) is 2. The number of carbonyl (C=O) groups excluding carboxylic acids is 4. The standard InChI is InChI=1S/C29H32F3N5O5/c1-16-20-5-3-4-6-23(20)42-28(26(40)34-16)13-19(14-33)37(15-28)25(39)22(12-18-9-10-18)36(2)24(38)21(11-17-7-8-17)35-27(41)29(30,31)32/h3-6,11,16-19,22H,7-10,12-13,15H2,1-2H3,(H,34,40)(H,35,41)/t16?,19-,22-,28+/m0/s1. The largest absolute Gasteiger partial charge is 0.475 e. The second-order valence-corrected chi connectivity index (χ2v) is 11.6. The number of benzene rings is 1. The summed E-state index contributed by atoms with van der Waals surface area (Å²) < 4.78 is 45.3. The van der Waals surface area contributed by atoms with Crippen molar-refractivity contribution in [2.45, 2.75) is 75.4 Å². The second kappa shape index (κ2) is 11.0. The molecule has 4 amide bonds. The first-order valence-electron chi connectivity index (χ1n) is 14.0. The molecule has 0 radical (unpaired) electrons. The SMILES string of the molecule is CC1NC(=O)[C@]2(C[C@@H](C#N)N(C(=O)[C@H](CC3CC3)N(C)C(=O)C(=CC3CC3)NC(=O)C(F)(F)F)C2)Oc2ccccc21. The molecule has 1 aromatic carbocycles. The van der Waals surface area contributed by atoms with E-state index in [9.17, 15) is 37.6 Å². The number of nitrogens with zero attached hydrogens (tertiary/aromatic N) is 3. The summed E-state index contributed by atoms with van der Waals surface area (Å²) in [6.45, 7) is 1.55. The van der Waals surface area contributed by atoms with Crippen molar-refractivity contribution in [2.75, 3.05) is 13.6 Å². The molecule has 4 atom stereocenters. The van der Waals surface area contributed by atoms with E-state index in [4.69, 9.17) is 4.74 Å². The predicted molar refractivity (Wildman–Crippen MR) is 141 cm³/mol. The smallest absolute Gasteiger partial charge is 0.471 e. The van der Waals surface area contributed by atoms with Crippen molar-refractivity contribution < 1.29 is 37.1 Å². The minimum atomic E-state index is -5.20. The van der Waals surface area contributed by atoms with Crippen molar-refractivity contribution in [3.8, 4) is 11.8 Å². The van der Waals surface area contributed by atoms with Crippen LogP contribution in [0.4, 0.5) is 13.2 Å². The number of halogens is 3. The summed E-state index contributed by atoms with van der Waals surface area (Å²) in [6, 6.07) is 6.60. The predicted octanol–water partition coefficient (Wildman–Crippen LogP) is 2.72. The number of allylic oxidation sites excluding steroid dienone is 1. The normalized spacial score (nSPS) is 26.3. The Morgan fingerprint density at radius 2 is 1.95 bits per heavy atom. The van der Waals surface area contributed by atoms with Gasteiger partial charge >= 0.3 is 12.1 Å². The van der Waals surface area contributed by atoms with Crippen LogP contribution in [0.1, 0.15) is 57.1 Å². The number of likely N-dealkylation sites (N-methyl/N-ethyl adjacent to an activating group) is 1. The molecule has 1 unspecified atom stereocenters. The zero-order valence-corrected chi connectivity index (χ0v) is 23.2. The molecule has 2 saturated carbocycles. The number of para-hydroxylation sites is 1. The maximum Gasteiger partial charge on any atom is 0.471 e. The van der Waals surface area contributed by atoms with Crippen LogP contribution in [0.3, 0.4) is 0 Å². The van der Waals surface area contributed by atoms with Gasteiger partial charge in [0.15, 0.2) is 0 Å². The van der Waals surface area contributed by atoms with Gasteiger partial charge in [-0.05, 0) is 44.1 Å². The van der Waals surface area contributed by atoms with Gasteiger partial charge in [-0.2, -0.15) is 18.4 Å². The Bertz CT molecular complexity index is 1370.